The molecule has 3 rings (SSSR count). The molecule has 7 heteroatoms. The van der Waals surface area contributed by atoms with Crippen LogP contribution in [-0.2, 0) is 10.0 Å². The Bertz CT molecular complexity index is 726. The summed E-state index contributed by atoms with van der Waals surface area (Å²) in [5.41, 5.74) is 5.79. The van der Waals surface area contributed by atoms with E-state index >= 15 is 0 Å². The molecule has 19 heavy (non-hydrogen) atoms. The predicted octanol–water partition coefficient (Wildman–Crippen LogP) is 2.28. The lowest BCUT2D eigenvalue weighted by molar-refractivity contribution is 0.473. The molecular formula is C12H13ClN2O2S2. The highest BCUT2D eigenvalue weighted by molar-refractivity contribution is 7.89. The second-order valence-corrected chi connectivity index (χ2v) is 7.91. The minimum absolute atomic E-state index is 0.0664. The van der Waals surface area contributed by atoms with Crippen molar-refractivity contribution in [2.75, 3.05) is 13.1 Å². The van der Waals surface area contributed by atoms with E-state index in [1.165, 1.54) is 15.6 Å². The third-order valence-electron chi connectivity index (χ3n) is 3.31. The number of benzene rings is 1. The quantitative estimate of drug-likeness (QED) is 0.924. The van der Waals surface area contributed by atoms with Crippen molar-refractivity contribution >= 4 is 43.0 Å². The Labute approximate surface area is 120 Å². The first-order valence-corrected chi connectivity index (χ1v) is 8.61. The van der Waals surface area contributed by atoms with Gasteiger partial charge in [0.2, 0.25) is 10.0 Å². The maximum Gasteiger partial charge on any atom is 0.244 e. The molecule has 102 valence electrons. The van der Waals surface area contributed by atoms with Gasteiger partial charge in [0, 0.05) is 39.6 Å². The number of hydrogen-bond acceptors (Lipinski definition) is 4. The zero-order valence-corrected chi connectivity index (χ0v) is 12.4. The van der Waals surface area contributed by atoms with Crippen LogP contribution in [0, 0.1) is 0 Å². The molecule has 0 radical (unpaired) electrons. The summed E-state index contributed by atoms with van der Waals surface area (Å²) in [4.78, 5) is 0.337. The Hall–Kier alpha value is -0.660. The highest BCUT2D eigenvalue weighted by atomic mass is 35.5. The third-order valence-corrected chi connectivity index (χ3v) is 6.56. The lowest BCUT2D eigenvalue weighted by Gasteiger charge is -2.15. The second kappa shape index (κ2) is 4.71. The summed E-state index contributed by atoms with van der Waals surface area (Å²) in [6.45, 7) is 0.877. The van der Waals surface area contributed by atoms with E-state index in [1.807, 2.05) is 6.07 Å². The number of sulfonamides is 1. The van der Waals surface area contributed by atoms with Crippen molar-refractivity contribution in [1.29, 1.82) is 0 Å². The van der Waals surface area contributed by atoms with E-state index in [2.05, 4.69) is 0 Å². The standard InChI is InChI=1S/C12H13ClN2O2S2/c13-8-1-2-11-10(5-8)12(7-18-11)19(16,17)15-4-3-9(14)6-15/h1-2,5,7,9H,3-4,6,14H2/t9-/m1/s1. The largest absolute Gasteiger partial charge is 0.326 e. The van der Waals surface area contributed by atoms with Crippen LogP contribution >= 0.6 is 22.9 Å². The molecule has 1 aliphatic heterocycles. The first-order valence-electron chi connectivity index (χ1n) is 5.91. The first-order chi connectivity index (χ1) is 8.98. The van der Waals surface area contributed by atoms with Crippen molar-refractivity contribution < 1.29 is 8.42 Å². The van der Waals surface area contributed by atoms with Crippen molar-refractivity contribution in [3.63, 3.8) is 0 Å². The predicted molar refractivity (Wildman–Crippen MR) is 78.2 cm³/mol. The summed E-state index contributed by atoms with van der Waals surface area (Å²) < 4.78 is 27.6. The molecule has 0 saturated carbocycles. The van der Waals surface area contributed by atoms with Gasteiger partial charge in [-0.2, -0.15) is 4.31 Å². The van der Waals surface area contributed by atoms with Crippen LogP contribution in [0.25, 0.3) is 10.1 Å². The molecule has 1 atom stereocenters. The van der Waals surface area contributed by atoms with E-state index in [0.29, 0.717) is 34.8 Å². The molecule has 0 spiro atoms. The minimum Gasteiger partial charge on any atom is -0.326 e. The van der Waals surface area contributed by atoms with E-state index < -0.39 is 10.0 Å². The van der Waals surface area contributed by atoms with Gasteiger partial charge in [-0.3, -0.25) is 0 Å². The van der Waals surface area contributed by atoms with Crippen molar-refractivity contribution in [3.8, 4) is 0 Å². The van der Waals surface area contributed by atoms with Crippen LogP contribution in [0.5, 0.6) is 0 Å². The summed E-state index contributed by atoms with van der Waals surface area (Å²) in [6.07, 6.45) is 0.710. The molecular weight excluding hydrogens is 304 g/mol. The minimum atomic E-state index is -3.47. The van der Waals surface area contributed by atoms with Gasteiger partial charge >= 0.3 is 0 Å². The Morgan fingerprint density at radius 3 is 2.89 bits per heavy atom. The molecule has 1 fully saturated rings. The Morgan fingerprint density at radius 2 is 2.21 bits per heavy atom. The Balaban J connectivity index is 2.11. The van der Waals surface area contributed by atoms with E-state index in [4.69, 9.17) is 17.3 Å². The van der Waals surface area contributed by atoms with Crippen LogP contribution in [0.2, 0.25) is 5.02 Å². The SMILES string of the molecule is N[C@@H]1CCN(S(=O)(=O)c2csc3ccc(Cl)cc23)C1. The van der Waals surface area contributed by atoms with Gasteiger partial charge in [0.15, 0.2) is 0 Å². The number of halogens is 1. The fourth-order valence-electron chi connectivity index (χ4n) is 2.29. The number of nitrogens with two attached hydrogens (primary N) is 1. The normalized spacial score (nSPS) is 21.3. The monoisotopic (exact) mass is 316 g/mol. The molecule has 0 amide bonds. The third kappa shape index (κ3) is 2.28. The Morgan fingerprint density at radius 1 is 1.42 bits per heavy atom. The second-order valence-electron chi connectivity index (χ2n) is 4.65. The molecule has 1 aromatic heterocycles. The van der Waals surface area contributed by atoms with E-state index in [0.717, 1.165) is 4.70 Å². The van der Waals surface area contributed by atoms with Crippen LogP contribution in [-0.4, -0.2) is 31.9 Å². The summed E-state index contributed by atoms with van der Waals surface area (Å²) in [5, 5.41) is 2.92. The molecule has 0 aliphatic carbocycles. The zero-order valence-electron chi connectivity index (χ0n) is 10.0. The lowest BCUT2D eigenvalue weighted by atomic mass is 10.3. The maximum absolute atomic E-state index is 12.6. The molecule has 1 aliphatic rings. The number of nitrogens with zero attached hydrogens (tertiary/aromatic N) is 1. The first kappa shape index (κ1) is 13.3. The topological polar surface area (TPSA) is 63.4 Å². The van der Waals surface area contributed by atoms with Crippen molar-refractivity contribution in [2.45, 2.75) is 17.4 Å². The average molecular weight is 317 g/mol. The van der Waals surface area contributed by atoms with Gasteiger partial charge in [-0.15, -0.1) is 11.3 Å². The summed E-state index contributed by atoms with van der Waals surface area (Å²) in [6, 6.07) is 5.25. The fourth-order valence-corrected chi connectivity index (χ4v) is 5.42. The molecule has 2 N–H and O–H groups in total. The van der Waals surface area contributed by atoms with Crippen LogP contribution in [0.15, 0.2) is 28.5 Å². The van der Waals surface area contributed by atoms with Gasteiger partial charge in [0.25, 0.3) is 0 Å². The molecule has 0 bridgehead atoms. The van der Waals surface area contributed by atoms with Gasteiger partial charge in [0.05, 0.1) is 0 Å². The van der Waals surface area contributed by atoms with E-state index in [9.17, 15) is 8.42 Å². The van der Waals surface area contributed by atoms with Gasteiger partial charge in [-0.05, 0) is 24.6 Å². The van der Waals surface area contributed by atoms with Gasteiger partial charge < -0.3 is 5.73 Å². The molecule has 0 unspecified atom stereocenters. The molecule has 4 nitrogen and oxygen atoms in total. The van der Waals surface area contributed by atoms with Crippen LogP contribution in [0.4, 0.5) is 0 Å². The van der Waals surface area contributed by atoms with Crippen molar-refractivity contribution in [2.24, 2.45) is 5.73 Å². The van der Waals surface area contributed by atoms with Gasteiger partial charge in [-0.1, -0.05) is 11.6 Å². The Kier molecular flexibility index (Phi) is 3.31. The maximum atomic E-state index is 12.6. The smallest absolute Gasteiger partial charge is 0.244 e. The number of rotatable bonds is 2. The summed E-state index contributed by atoms with van der Waals surface area (Å²) >= 11 is 7.37. The van der Waals surface area contributed by atoms with Crippen LogP contribution in [0.1, 0.15) is 6.42 Å². The highest BCUT2D eigenvalue weighted by Crippen LogP contribution is 2.34. The fraction of sp³-hybridized carbons (Fsp3) is 0.333. The molecule has 1 saturated heterocycles. The highest BCUT2D eigenvalue weighted by Gasteiger charge is 2.32. The van der Waals surface area contributed by atoms with Gasteiger partial charge in [-0.25, -0.2) is 8.42 Å². The van der Waals surface area contributed by atoms with Crippen molar-refractivity contribution in [3.05, 3.63) is 28.6 Å². The van der Waals surface area contributed by atoms with Gasteiger partial charge in [0.1, 0.15) is 4.90 Å². The number of thiophene rings is 1. The van der Waals surface area contributed by atoms with E-state index in [1.54, 1.807) is 17.5 Å². The summed E-state index contributed by atoms with van der Waals surface area (Å²) in [7, 11) is -3.47. The molecule has 1 aromatic carbocycles. The van der Waals surface area contributed by atoms with Crippen molar-refractivity contribution in [1.82, 2.24) is 4.31 Å². The molecule has 2 heterocycles. The van der Waals surface area contributed by atoms with Crippen LogP contribution in [0.3, 0.4) is 0 Å². The number of hydrogen-bond donors (Lipinski definition) is 1. The molecule has 2 aromatic rings. The lowest BCUT2D eigenvalue weighted by Crippen LogP contribution is -2.31. The zero-order chi connectivity index (χ0) is 13.6. The number of fused-ring (bicyclic) bond motifs is 1. The van der Waals surface area contributed by atoms with E-state index in [-0.39, 0.29) is 6.04 Å². The summed E-state index contributed by atoms with van der Waals surface area (Å²) in [5.74, 6) is 0. The average Bonchev–Trinajstić information content (AvgIpc) is 2.95. The van der Waals surface area contributed by atoms with Crippen LogP contribution < -0.4 is 5.73 Å².